The first kappa shape index (κ1) is 11.1. The number of hydrogen-bond acceptors (Lipinski definition) is 4. The Morgan fingerprint density at radius 2 is 1.65 bits per heavy atom. The van der Waals surface area contributed by atoms with Crippen LogP contribution in [0, 0.1) is 0 Å². The van der Waals surface area contributed by atoms with Gasteiger partial charge < -0.3 is 20.6 Å². The Morgan fingerprint density at radius 3 is 2.41 bits per heavy atom. The molecule has 0 saturated carbocycles. The van der Waals surface area contributed by atoms with Gasteiger partial charge in [-0.15, -0.1) is 0 Å². The quantitative estimate of drug-likeness (QED) is 0.612. The minimum absolute atomic E-state index is 0.107. The number of hydrogen-bond donors (Lipinski definition) is 4. The maximum atomic E-state index is 9.57. The topological polar surface area (TPSA) is 72.7 Å². The minimum Gasteiger partial charge on any atom is -0.508 e. The van der Waals surface area contributed by atoms with Gasteiger partial charge in [-0.1, -0.05) is 6.07 Å². The van der Waals surface area contributed by atoms with E-state index in [2.05, 4.69) is 5.32 Å². The molecule has 17 heavy (non-hydrogen) atoms. The Morgan fingerprint density at radius 1 is 0.882 bits per heavy atom. The summed E-state index contributed by atoms with van der Waals surface area (Å²) in [6.45, 7) is 0.365. The van der Waals surface area contributed by atoms with Crippen LogP contribution in [-0.4, -0.2) is 15.3 Å². The number of anilines is 1. The summed E-state index contributed by atoms with van der Waals surface area (Å²) < 4.78 is 0. The van der Waals surface area contributed by atoms with Crippen molar-refractivity contribution in [2.75, 3.05) is 5.32 Å². The van der Waals surface area contributed by atoms with E-state index < -0.39 is 0 Å². The molecule has 2 aromatic carbocycles. The fraction of sp³-hybridized carbons (Fsp3) is 0.0769. The molecule has 4 N–H and O–H groups in total. The normalized spacial score (nSPS) is 10.1. The lowest BCUT2D eigenvalue weighted by Gasteiger charge is -2.08. The highest BCUT2D eigenvalue weighted by atomic mass is 16.3. The molecule has 0 radical (unpaired) electrons. The van der Waals surface area contributed by atoms with E-state index in [9.17, 15) is 15.3 Å². The van der Waals surface area contributed by atoms with Gasteiger partial charge in [0.05, 0.1) is 0 Å². The smallest absolute Gasteiger partial charge is 0.120 e. The first-order valence-electron chi connectivity index (χ1n) is 5.19. The number of benzene rings is 2. The van der Waals surface area contributed by atoms with Crippen LogP contribution in [0.3, 0.4) is 0 Å². The minimum atomic E-state index is 0.107. The van der Waals surface area contributed by atoms with Crippen LogP contribution in [-0.2, 0) is 6.54 Å². The molecule has 0 saturated heterocycles. The molecule has 0 aliphatic carbocycles. The summed E-state index contributed by atoms with van der Waals surface area (Å²) in [4.78, 5) is 0. The lowest BCUT2D eigenvalue weighted by atomic mass is 10.2. The van der Waals surface area contributed by atoms with Crippen LogP contribution in [0.25, 0.3) is 0 Å². The van der Waals surface area contributed by atoms with E-state index in [0.717, 1.165) is 5.69 Å². The molecule has 0 heterocycles. The molecule has 0 aromatic heterocycles. The average molecular weight is 231 g/mol. The number of phenolic OH excluding ortho intramolecular Hbond substituents is 3. The van der Waals surface area contributed by atoms with Crippen molar-refractivity contribution in [3.05, 3.63) is 48.0 Å². The lowest BCUT2D eigenvalue weighted by molar-refractivity contribution is 0.455. The van der Waals surface area contributed by atoms with Crippen LogP contribution in [0.1, 0.15) is 5.56 Å². The molecule has 0 bridgehead atoms. The second kappa shape index (κ2) is 4.65. The van der Waals surface area contributed by atoms with Crippen LogP contribution >= 0.6 is 0 Å². The van der Waals surface area contributed by atoms with E-state index in [-0.39, 0.29) is 17.2 Å². The Hall–Kier alpha value is -2.36. The van der Waals surface area contributed by atoms with Crippen LogP contribution in [0.2, 0.25) is 0 Å². The zero-order chi connectivity index (χ0) is 12.3. The summed E-state index contributed by atoms with van der Waals surface area (Å²) in [7, 11) is 0. The van der Waals surface area contributed by atoms with E-state index in [0.29, 0.717) is 12.1 Å². The van der Waals surface area contributed by atoms with Crippen LogP contribution in [0.5, 0.6) is 17.2 Å². The molecule has 0 aliphatic heterocycles. The van der Waals surface area contributed by atoms with E-state index in [1.807, 2.05) is 0 Å². The van der Waals surface area contributed by atoms with Gasteiger partial charge in [-0.3, -0.25) is 0 Å². The third-order valence-electron chi connectivity index (χ3n) is 2.39. The van der Waals surface area contributed by atoms with Gasteiger partial charge in [-0.05, 0) is 30.3 Å². The Bertz CT molecular complexity index is 526. The zero-order valence-electron chi connectivity index (χ0n) is 9.09. The molecule has 0 unspecified atom stereocenters. The fourth-order valence-corrected chi connectivity index (χ4v) is 1.53. The number of nitrogens with one attached hydrogen (secondary N) is 1. The average Bonchev–Trinajstić information content (AvgIpc) is 2.30. The van der Waals surface area contributed by atoms with Gasteiger partial charge in [0.2, 0.25) is 0 Å². The maximum Gasteiger partial charge on any atom is 0.120 e. The molecule has 0 spiro atoms. The highest BCUT2D eigenvalue weighted by molar-refractivity contribution is 5.49. The summed E-state index contributed by atoms with van der Waals surface area (Å²) in [6.07, 6.45) is 0. The van der Waals surface area contributed by atoms with E-state index in [1.54, 1.807) is 24.3 Å². The Labute approximate surface area is 98.8 Å². The summed E-state index contributed by atoms with van der Waals surface area (Å²) in [5.41, 5.74) is 1.33. The Balaban J connectivity index is 2.09. The highest BCUT2D eigenvalue weighted by Crippen LogP contribution is 2.23. The van der Waals surface area contributed by atoms with Crippen LogP contribution in [0.15, 0.2) is 42.5 Å². The second-order valence-electron chi connectivity index (χ2n) is 3.72. The van der Waals surface area contributed by atoms with E-state index in [4.69, 9.17) is 0 Å². The molecule has 4 nitrogen and oxygen atoms in total. The fourth-order valence-electron chi connectivity index (χ4n) is 1.53. The monoisotopic (exact) mass is 231 g/mol. The van der Waals surface area contributed by atoms with Crippen molar-refractivity contribution in [1.82, 2.24) is 0 Å². The van der Waals surface area contributed by atoms with Crippen LogP contribution in [0.4, 0.5) is 5.69 Å². The zero-order valence-corrected chi connectivity index (χ0v) is 9.09. The van der Waals surface area contributed by atoms with Crippen molar-refractivity contribution < 1.29 is 15.3 Å². The first-order valence-corrected chi connectivity index (χ1v) is 5.19. The Kier molecular flexibility index (Phi) is 3.05. The summed E-state index contributed by atoms with van der Waals surface area (Å²) >= 11 is 0. The standard InChI is InChI=1S/C13H13NO3/c15-11-3-1-2-10(7-11)14-8-9-6-12(16)4-5-13(9)17/h1-7,14-17H,8H2. The molecule has 0 amide bonds. The summed E-state index contributed by atoms with van der Waals surface area (Å²) in [5.74, 6) is 0.404. The molecular formula is C13H13NO3. The van der Waals surface area contributed by atoms with Gasteiger partial charge >= 0.3 is 0 Å². The van der Waals surface area contributed by atoms with Gasteiger partial charge in [0, 0.05) is 23.9 Å². The third kappa shape index (κ3) is 2.81. The van der Waals surface area contributed by atoms with Gasteiger partial charge in [0.1, 0.15) is 17.2 Å². The predicted molar refractivity (Wildman–Crippen MR) is 65.2 cm³/mol. The summed E-state index contributed by atoms with van der Waals surface area (Å²) in [5, 5.41) is 31.2. The SMILES string of the molecule is Oc1cccc(NCc2cc(O)ccc2O)c1. The molecule has 2 rings (SSSR count). The lowest BCUT2D eigenvalue weighted by Crippen LogP contribution is -1.99. The maximum absolute atomic E-state index is 9.57. The van der Waals surface area contributed by atoms with Crippen molar-refractivity contribution in [2.45, 2.75) is 6.54 Å². The van der Waals surface area contributed by atoms with Crippen molar-refractivity contribution in [3.8, 4) is 17.2 Å². The molecule has 0 fully saturated rings. The van der Waals surface area contributed by atoms with Gasteiger partial charge in [-0.25, -0.2) is 0 Å². The first-order chi connectivity index (χ1) is 8.15. The molecule has 0 aliphatic rings. The molecule has 88 valence electrons. The van der Waals surface area contributed by atoms with Crippen molar-refractivity contribution >= 4 is 5.69 Å². The summed E-state index contributed by atoms with van der Waals surface area (Å²) in [6, 6.07) is 11.0. The van der Waals surface area contributed by atoms with Crippen LogP contribution < -0.4 is 5.32 Å². The van der Waals surface area contributed by atoms with E-state index >= 15 is 0 Å². The van der Waals surface area contributed by atoms with E-state index in [1.165, 1.54) is 18.2 Å². The van der Waals surface area contributed by atoms with Crippen molar-refractivity contribution in [1.29, 1.82) is 0 Å². The van der Waals surface area contributed by atoms with Gasteiger partial charge in [0.25, 0.3) is 0 Å². The third-order valence-corrected chi connectivity index (χ3v) is 2.39. The molecule has 0 atom stereocenters. The highest BCUT2D eigenvalue weighted by Gasteiger charge is 2.02. The predicted octanol–water partition coefficient (Wildman–Crippen LogP) is 2.42. The van der Waals surface area contributed by atoms with Gasteiger partial charge in [0.15, 0.2) is 0 Å². The molecule has 2 aromatic rings. The van der Waals surface area contributed by atoms with Gasteiger partial charge in [-0.2, -0.15) is 0 Å². The van der Waals surface area contributed by atoms with Crippen molar-refractivity contribution in [3.63, 3.8) is 0 Å². The number of phenols is 3. The molecular weight excluding hydrogens is 218 g/mol. The number of rotatable bonds is 3. The largest absolute Gasteiger partial charge is 0.508 e. The second-order valence-corrected chi connectivity index (χ2v) is 3.72. The molecule has 4 heteroatoms. The number of aromatic hydroxyl groups is 3. The van der Waals surface area contributed by atoms with Crippen molar-refractivity contribution in [2.24, 2.45) is 0 Å².